The summed E-state index contributed by atoms with van der Waals surface area (Å²) < 4.78 is 12.5. The van der Waals surface area contributed by atoms with Crippen molar-refractivity contribution in [1.29, 1.82) is 0 Å². The zero-order valence-electron chi connectivity index (χ0n) is 61.1. The van der Waals surface area contributed by atoms with Crippen LogP contribution in [0.4, 0.5) is 15.3 Å². The number of carbonyl (C=O) groups excluding carboxylic acids is 3. The van der Waals surface area contributed by atoms with Gasteiger partial charge in [-0.3, -0.25) is 14.8 Å². The molecule has 526 valence electrons. The summed E-state index contributed by atoms with van der Waals surface area (Å²) in [4.78, 5) is 56.0. The number of rotatable bonds is 26. The van der Waals surface area contributed by atoms with Gasteiger partial charge in [0.25, 0.3) is 0 Å². The molecule has 12 heteroatoms. The largest absolute Gasteiger partial charge is 0.446 e. The third-order valence-electron chi connectivity index (χ3n) is 27.5. The first-order valence-corrected chi connectivity index (χ1v) is 39.0. The predicted octanol–water partition coefficient (Wildman–Crippen LogP) is 20.2. The molecule has 6 saturated carbocycles. The standard InChI is InChI=1S/C85H121N7O5/c1-55(2)19-17-21-57(5)68-34-36-70-66-32-28-61-53-64(38-42-82(61,7)72(66)40-44-84(68,70)9)96-80(94)90-48-16-13-25-76(79(93)89-50-49-86-63-30-26-59(27-31-63)60-51-77(74-23-11-14-46-87-74)91-78(52-60)75-24-12-15-47-88-75)92-81(95)97-65-39-43-83(8)62(54-65)29-33-67-71-37-35-69(58(6)22-18-20-56(3)4)85(71,10)45-41-73(67)83/h11-12,14-15,23-24,26-31,46-47,51-52,55-58,64-73,76,86H,13,16-22,25,32-45,48-50,53-54H2,1-10H3,(H,89,93)(H,90,94)(H,92,95)/t57-,58-,64?,65?,66+,67+,68-,69-,70+,71+,72+,73+,76+,82+,83+,84-,85-/m1/s1. The van der Waals surface area contributed by atoms with Gasteiger partial charge in [-0.1, -0.05) is 155 Å². The fourth-order valence-electron chi connectivity index (χ4n) is 22.2. The molecule has 1 aromatic carbocycles. The zero-order valence-corrected chi connectivity index (χ0v) is 61.1. The summed E-state index contributed by atoms with van der Waals surface area (Å²) in [7, 11) is 0. The minimum Gasteiger partial charge on any atom is -0.446 e. The molecule has 97 heavy (non-hydrogen) atoms. The van der Waals surface area contributed by atoms with Crippen LogP contribution in [0.5, 0.6) is 0 Å². The average molecular weight is 1320 g/mol. The Kier molecular flexibility index (Phi) is 22.5. The minimum absolute atomic E-state index is 0.124. The Balaban J connectivity index is 0.640. The molecule has 12 rings (SSSR count). The van der Waals surface area contributed by atoms with Gasteiger partial charge in [-0.2, -0.15) is 0 Å². The van der Waals surface area contributed by atoms with E-state index in [1.807, 2.05) is 48.5 Å². The first-order chi connectivity index (χ1) is 46.7. The van der Waals surface area contributed by atoms with E-state index in [9.17, 15) is 14.4 Å². The van der Waals surface area contributed by atoms with Crippen molar-refractivity contribution in [3.05, 3.63) is 108 Å². The lowest BCUT2D eigenvalue weighted by Gasteiger charge is -2.58. The van der Waals surface area contributed by atoms with Crippen molar-refractivity contribution in [2.45, 2.75) is 248 Å². The Morgan fingerprint density at radius 1 is 0.505 bits per heavy atom. The number of nitrogens with zero attached hydrogens (tertiary/aromatic N) is 3. The minimum atomic E-state index is -0.810. The summed E-state index contributed by atoms with van der Waals surface area (Å²) in [6.07, 6.45) is 35.9. The molecule has 12 nitrogen and oxygen atoms in total. The van der Waals surface area contributed by atoms with E-state index in [2.05, 4.69) is 137 Å². The van der Waals surface area contributed by atoms with Gasteiger partial charge in [-0.25, -0.2) is 14.6 Å². The number of aromatic nitrogens is 3. The van der Waals surface area contributed by atoms with Crippen LogP contribution in [0.2, 0.25) is 0 Å². The second-order valence-electron chi connectivity index (χ2n) is 34.1. The molecule has 4 N–H and O–H groups in total. The molecule has 0 saturated heterocycles. The molecule has 8 aliphatic carbocycles. The highest BCUT2D eigenvalue weighted by atomic mass is 16.6. The number of carbonyl (C=O) groups is 3. The Morgan fingerprint density at radius 2 is 1.03 bits per heavy atom. The topological polar surface area (TPSA) is 156 Å². The number of nitrogens with one attached hydrogen (secondary N) is 4. The quantitative estimate of drug-likeness (QED) is 0.0355. The number of benzene rings is 1. The van der Waals surface area contributed by atoms with Crippen molar-refractivity contribution in [1.82, 2.24) is 30.9 Å². The molecular weight excluding hydrogens is 1200 g/mol. The summed E-state index contributed by atoms with van der Waals surface area (Å²) in [5.41, 5.74) is 10.3. The normalized spacial score (nSPS) is 31.9. The van der Waals surface area contributed by atoms with Gasteiger partial charge >= 0.3 is 12.2 Å². The molecule has 8 aliphatic rings. The highest BCUT2D eigenvalue weighted by molar-refractivity contribution is 5.85. The number of unbranched alkanes of at least 4 members (excludes halogenated alkanes) is 1. The van der Waals surface area contributed by atoms with Gasteiger partial charge in [0.2, 0.25) is 5.91 Å². The number of pyridine rings is 3. The molecule has 0 aliphatic heterocycles. The van der Waals surface area contributed by atoms with Crippen LogP contribution in [0.1, 0.15) is 230 Å². The fourth-order valence-corrected chi connectivity index (χ4v) is 22.2. The lowest BCUT2D eigenvalue weighted by atomic mass is 9.47. The van der Waals surface area contributed by atoms with Crippen LogP contribution in [-0.4, -0.2) is 70.9 Å². The number of anilines is 1. The molecule has 0 radical (unpaired) electrons. The van der Waals surface area contributed by atoms with Crippen LogP contribution >= 0.6 is 0 Å². The van der Waals surface area contributed by atoms with E-state index in [1.165, 1.54) is 107 Å². The number of alkyl carbamates (subject to hydrolysis) is 2. The average Bonchev–Trinajstić information content (AvgIpc) is 1.64. The van der Waals surface area contributed by atoms with Crippen LogP contribution < -0.4 is 21.3 Å². The number of hydrogen-bond donors (Lipinski definition) is 4. The van der Waals surface area contributed by atoms with Crippen LogP contribution in [0.25, 0.3) is 33.9 Å². The van der Waals surface area contributed by atoms with Gasteiger partial charge in [0, 0.05) is 50.6 Å². The van der Waals surface area contributed by atoms with Crippen LogP contribution in [0.3, 0.4) is 0 Å². The van der Waals surface area contributed by atoms with Gasteiger partial charge in [-0.05, 0) is 261 Å². The molecule has 3 amide bonds. The van der Waals surface area contributed by atoms with E-state index in [-0.39, 0.29) is 35.0 Å². The van der Waals surface area contributed by atoms with Crippen molar-refractivity contribution < 1.29 is 23.9 Å². The molecule has 4 aromatic rings. The summed E-state index contributed by atoms with van der Waals surface area (Å²) in [6.45, 7) is 26.3. The maximum absolute atomic E-state index is 14.3. The predicted molar refractivity (Wildman–Crippen MR) is 393 cm³/mol. The van der Waals surface area contributed by atoms with Gasteiger partial charge in [-0.15, -0.1) is 0 Å². The molecule has 6 fully saturated rings. The third kappa shape index (κ3) is 15.6. The van der Waals surface area contributed by atoms with Gasteiger partial charge in [0.1, 0.15) is 18.2 Å². The molecule has 3 aromatic heterocycles. The molecular formula is C85H121N7O5. The zero-order chi connectivity index (χ0) is 68.1. The van der Waals surface area contributed by atoms with Crippen molar-refractivity contribution in [3.8, 4) is 33.9 Å². The second-order valence-corrected chi connectivity index (χ2v) is 34.1. The van der Waals surface area contributed by atoms with Crippen molar-refractivity contribution in [2.75, 3.05) is 25.0 Å². The van der Waals surface area contributed by atoms with E-state index >= 15 is 0 Å². The SMILES string of the molecule is CC(C)CCC[C@@H](C)[C@H]1CC[C@H]2[C@@H]3CC=C4CC(OC(=O)NCCCC[C@H](NC(=O)OC5CC[C@@]6(C)C(=CC[C@H]7[C@@H]8CC[C@H]([C@H](C)CCCC(C)C)[C@@]8(C)CC[C@@H]76)C5)C(=O)NCCNc5ccc(-c6cc(-c7ccccn7)nc(-c7ccccn7)c6)cc5)CC[C@]4(C)[C@H]3CC[C@]12C. The number of fused-ring (bicyclic) bond motifs is 10. The van der Waals surface area contributed by atoms with Crippen molar-refractivity contribution >= 4 is 23.8 Å². The molecule has 0 spiro atoms. The van der Waals surface area contributed by atoms with Gasteiger partial charge in [0.15, 0.2) is 0 Å². The van der Waals surface area contributed by atoms with Crippen molar-refractivity contribution in [3.63, 3.8) is 0 Å². The molecule has 2 unspecified atom stereocenters. The van der Waals surface area contributed by atoms with Crippen LogP contribution in [0, 0.1) is 92.7 Å². The second kappa shape index (κ2) is 30.8. The monoisotopic (exact) mass is 1320 g/mol. The van der Waals surface area contributed by atoms with Gasteiger partial charge in [0.05, 0.1) is 22.8 Å². The lowest BCUT2D eigenvalue weighted by Crippen LogP contribution is -2.51. The Bertz CT molecular complexity index is 3310. The van der Waals surface area contributed by atoms with E-state index < -0.39 is 12.1 Å². The first kappa shape index (κ1) is 70.8. The number of allylic oxidation sites excluding steroid dienone is 2. The van der Waals surface area contributed by atoms with E-state index in [0.29, 0.717) is 55.6 Å². The number of amides is 3. The number of hydrogen-bond acceptors (Lipinski definition) is 9. The summed E-state index contributed by atoms with van der Waals surface area (Å²) in [6, 6.07) is 23.2. The van der Waals surface area contributed by atoms with Crippen LogP contribution in [-0.2, 0) is 14.3 Å². The fraction of sp³-hybridized carbons (Fsp3) is 0.671. The lowest BCUT2D eigenvalue weighted by molar-refractivity contribution is -0.123. The molecule has 3 heterocycles. The number of ether oxygens (including phenoxy) is 2. The first-order valence-electron chi connectivity index (χ1n) is 39.0. The van der Waals surface area contributed by atoms with E-state index in [4.69, 9.17) is 14.5 Å². The summed E-state index contributed by atoms with van der Waals surface area (Å²) >= 11 is 0. The van der Waals surface area contributed by atoms with Gasteiger partial charge < -0.3 is 30.7 Å². The molecule has 0 bridgehead atoms. The molecule has 17 atom stereocenters. The smallest absolute Gasteiger partial charge is 0.408 e. The Hall–Kier alpha value is -6.04. The van der Waals surface area contributed by atoms with E-state index in [0.717, 1.165) is 150 Å². The third-order valence-corrected chi connectivity index (χ3v) is 27.5. The van der Waals surface area contributed by atoms with Crippen LogP contribution in [0.15, 0.2) is 108 Å². The highest BCUT2D eigenvalue weighted by Crippen LogP contribution is 2.69. The Labute approximate surface area is 583 Å². The Morgan fingerprint density at radius 3 is 1.54 bits per heavy atom. The maximum atomic E-state index is 14.3. The summed E-state index contributed by atoms with van der Waals surface area (Å²) in [5.74, 6) is 9.11. The maximum Gasteiger partial charge on any atom is 0.408 e. The van der Waals surface area contributed by atoms with E-state index in [1.54, 1.807) is 12.4 Å². The highest BCUT2D eigenvalue weighted by Gasteiger charge is 2.61. The summed E-state index contributed by atoms with van der Waals surface area (Å²) in [5, 5.41) is 12.7. The van der Waals surface area contributed by atoms with Crippen molar-refractivity contribution in [2.24, 2.45) is 92.7 Å².